The Morgan fingerprint density at radius 1 is 1.35 bits per heavy atom. The molecule has 0 saturated carbocycles. The molecule has 17 heavy (non-hydrogen) atoms. The standard InChI is InChI=1S/C12H22ClNO2S/c1-11(2)14-9-5-3-7-12(14)8-4-6-10-17(13,15)16/h4,6,11-12H,3,5,7-10H2,1-2H3/b6-4-. The molecule has 100 valence electrons. The van der Waals surface area contributed by atoms with Crippen LogP contribution in [0.2, 0.25) is 0 Å². The van der Waals surface area contributed by atoms with Gasteiger partial charge in [-0.05, 0) is 39.7 Å². The van der Waals surface area contributed by atoms with Crippen LogP contribution in [-0.4, -0.2) is 37.7 Å². The Morgan fingerprint density at radius 2 is 2.06 bits per heavy atom. The molecule has 1 aliphatic heterocycles. The van der Waals surface area contributed by atoms with Gasteiger partial charge in [-0.1, -0.05) is 18.6 Å². The van der Waals surface area contributed by atoms with Crippen LogP contribution in [0.15, 0.2) is 12.2 Å². The molecule has 0 aliphatic carbocycles. The van der Waals surface area contributed by atoms with Crippen molar-refractivity contribution < 1.29 is 8.42 Å². The average Bonchev–Trinajstić information content (AvgIpc) is 2.23. The fourth-order valence-electron chi connectivity index (χ4n) is 2.39. The molecule has 0 bridgehead atoms. The number of hydrogen-bond acceptors (Lipinski definition) is 3. The van der Waals surface area contributed by atoms with Gasteiger partial charge in [-0.15, -0.1) is 0 Å². The van der Waals surface area contributed by atoms with Crippen LogP contribution in [0, 0.1) is 0 Å². The Bertz CT molecular complexity index is 352. The number of halogens is 1. The molecule has 1 fully saturated rings. The minimum absolute atomic E-state index is 0.0665. The Morgan fingerprint density at radius 3 is 2.65 bits per heavy atom. The van der Waals surface area contributed by atoms with E-state index >= 15 is 0 Å². The van der Waals surface area contributed by atoms with E-state index in [0.717, 1.165) is 13.0 Å². The van der Waals surface area contributed by atoms with Crippen molar-refractivity contribution in [2.75, 3.05) is 12.3 Å². The number of hydrogen-bond donors (Lipinski definition) is 0. The second kappa shape index (κ2) is 6.76. The first kappa shape index (κ1) is 15.0. The highest BCUT2D eigenvalue weighted by Crippen LogP contribution is 2.22. The fraction of sp³-hybridized carbons (Fsp3) is 0.833. The highest BCUT2D eigenvalue weighted by atomic mass is 35.7. The van der Waals surface area contributed by atoms with Crippen LogP contribution >= 0.6 is 10.7 Å². The largest absolute Gasteiger partial charge is 0.298 e. The predicted octanol–water partition coefficient (Wildman–Crippen LogP) is 2.76. The van der Waals surface area contributed by atoms with E-state index in [1.54, 1.807) is 6.08 Å². The van der Waals surface area contributed by atoms with Gasteiger partial charge in [0.15, 0.2) is 0 Å². The van der Waals surface area contributed by atoms with Gasteiger partial charge in [0.2, 0.25) is 9.05 Å². The number of piperidine rings is 1. The van der Waals surface area contributed by atoms with Crippen LogP contribution in [-0.2, 0) is 9.05 Å². The Balaban J connectivity index is 2.43. The van der Waals surface area contributed by atoms with E-state index in [1.807, 2.05) is 6.08 Å². The van der Waals surface area contributed by atoms with Crippen molar-refractivity contribution in [1.82, 2.24) is 4.90 Å². The van der Waals surface area contributed by atoms with E-state index in [0.29, 0.717) is 12.1 Å². The summed E-state index contributed by atoms with van der Waals surface area (Å²) in [5, 5.41) is 0. The van der Waals surface area contributed by atoms with Gasteiger partial charge in [-0.2, -0.15) is 0 Å². The number of nitrogens with zero attached hydrogens (tertiary/aromatic N) is 1. The van der Waals surface area contributed by atoms with E-state index in [4.69, 9.17) is 10.7 Å². The molecule has 0 aromatic heterocycles. The summed E-state index contributed by atoms with van der Waals surface area (Å²) >= 11 is 0. The van der Waals surface area contributed by atoms with Crippen LogP contribution in [0.5, 0.6) is 0 Å². The zero-order chi connectivity index (χ0) is 12.9. The SMILES string of the molecule is CC(C)N1CCCCC1C/C=C\CS(=O)(=O)Cl. The minimum atomic E-state index is -3.39. The van der Waals surface area contributed by atoms with Gasteiger partial charge in [0, 0.05) is 22.8 Å². The monoisotopic (exact) mass is 279 g/mol. The first-order valence-electron chi connectivity index (χ1n) is 6.23. The van der Waals surface area contributed by atoms with E-state index in [9.17, 15) is 8.42 Å². The Kier molecular flexibility index (Phi) is 5.97. The summed E-state index contributed by atoms with van der Waals surface area (Å²) < 4.78 is 21.5. The van der Waals surface area contributed by atoms with Crippen molar-refractivity contribution in [3.8, 4) is 0 Å². The van der Waals surface area contributed by atoms with Gasteiger partial charge in [0.25, 0.3) is 0 Å². The highest BCUT2D eigenvalue weighted by molar-refractivity contribution is 8.13. The second-order valence-corrected chi connectivity index (χ2v) is 7.72. The van der Waals surface area contributed by atoms with Crippen LogP contribution in [0.25, 0.3) is 0 Å². The molecule has 1 heterocycles. The van der Waals surface area contributed by atoms with Gasteiger partial charge in [-0.3, -0.25) is 4.90 Å². The third kappa shape index (κ3) is 5.89. The molecule has 1 rings (SSSR count). The van der Waals surface area contributed by atoms with E-state index in [2.05, 4.69) is 18.7 Å². The van der Waals surface area contributed by atoms with Gasteiger partial charge in [-0.25, -0.2) is 8.42 Å². The number of likely N-dealkylation sites (tertiary alicyclic amines) is 1. The van der Waals surface area contributed by atoms with Crippen LogP contribution in [0.4, 0.5) is 0 Å². The molecule has 0 N–H and O–H groups in total. The third-order valence-electron chi connectivity index (χ3n) is 3.21. The van der Waals surface area contributed by atoms with E-state index < -0.39 is 9.05 Å². The molecule has 3 nitrogen and oxygen atoms in total. The molecular weight excluding hydrogens is 258 g/mol. The van der Waals surface area contributed by atoms with Gasteiger partial charge in [0.05, 0.1) is 5.75 Å². The lowest BCUT2D eigenvalue weighted by Crippen LogP contribution is -2.43. The van der Waals surface area contributed by atoms with Crippen molar-refractivity contribution in [3.05, 3.63) is 12.2 Å². The maximum absolute atomic E-state index is 10.8. The Hall–Kier alpha value is -0.0600. The van der Waals surface area contributed by atoms with Gasteiger partial charge < -0.3 is 0 Å². The van der Waals surface area contributed by atoms with Crippen LogP contribution in [0.3, 0.4) is 0 Å². The molecule has 1 atom stereocenters. The summed E-state index contributed by atoms with van der Waals surface area (Å²) in [4.78, 5) is 2.50. The molecule has 0 amide bonds. The summed E-state index contributed by atoms with van der Waals surface area (Å²) in [7, 11) is 1.76. The Labute approximate surface area is 109 Å². The van der Waals surface area contributed by atoms with Crippen molar-refractivity contribution in [3.63, 3.8) is 0 Å². The minimum Gasteiger partial charge on any atom is -0.298 e. The smallest absolute Gasteiger partial charge is 0.236 e. The fourth-order valence-corrected chi connectivity index (χ4v) is 2.98. The lowest BCUT2D eigenvalue weighted by atomic mass is 9.97. The lowest BCUT2D eigenvalue weighted by molar-refractivity contribution is 0.113. The van der Waals surface area contributed by atoms with Crippen molar-refractivity contribution >= 4 is 19.7 Å². The molecule has 1 unspecified atom stereocenters. The topological polar surface area (TPSA) is 37.4 Å². The molecule has 0 radical (unpaired) electrons. The molecule has 1 aliphatic rings. The molecule has 1 saturated heterocycles. The zero-order valence-corrected chi connectivity index (χ0v) is 12.2. The summed E-state index contributed by atoms with van der Waals surface area (Å²) in [5.41, 5.74) is 0. The highest BCUT2D eigenvalue weighted by Gasteiger charge is 2.22. The summed E-state index contributed by atoms with van der Waals surface area (Å²) in [6, 6.07) is 1.11. The molecule has 0 aromatic carbocycles. The van der Waals surface area contributed by atoms with Crippen LogP contribution in [0.1, 0.15) is 39.5 Å². The first-order valence-corrected chi connectivity index (χ1v) is 8.71. The zero-order valence-electron chi connectivity index (χ0n) is 10.6. The third-order valence-corrected chi connectivity index (χ3v) is 4.17. The predicted molar refractivity (Wildman–Crippen MR) is 72.9 cm³/mol. The normalized spacial score (nSPS) is 23.6. The summed E-state index contributed by atoms with van der Waals surface area (Å²) in [5.74, 6) is -0.0665. The number of rotatable bonds is 5. The summed E-state index contributed by atoms with van der Waals surface area (Å²) in [6.07, 6.45) is 8.28. The molecule has 0 aromatic rings. The maximum atomic E-state index is 10.8. The van der Waals surface area contributed by atoms with Crippen LogP contribution < -0.4 is 0 Å². The van der Waals surface area contributed by atoms with E-state index in [-0.39, 0.29) is 5.75 Å². The quantitative estimate of drug-likeness (QED) is 0.574. The van der Waals surface area contributed by atoms with Crippen molar-refractivity contribution in [2.45, 2.75) is 51.6 Å². The van der Waals surface area contributed by atoms with Gasteiger partial charge >= 0.3 is 0 Å². The average molecular weight is 280 g/mol. The summed E-state index contributed by atoms with van der Waals surface area (Å²) in [6.45, 7) is 5.58. The van der Waals surface area contributed by atoms with E-state index in [1.165, 1.54) is 19.3 Å². The molecule has 0 spiro atoms. The molecular formula is C12H22ClNO2S. The lowest BCUT2D eigenvalue weighted by Gasteiger charge is -2.38. The first-order chi connectivity index (χ1) is 7.90. The second-order valence-electron chi connectivity index (χ2n) is 4.89. The maximum Gasteiger partial charge on any atom is 0.236 e. The van der Waals surface area contributed by atoms with Crippen molar-refractivity contribution in [2.24, 2.45) is 0 Å². The van der Waals surface area contributed by atoms with Gasteiger partial charge in [0.1, 0.15) is 0 Å². The molecule has 5 heteroatoms. The van der Waals surface area contributed by atoms with Crippen molar-refractivity contribution in [1.29, 1.82) is 0 Å².